The van der Waals surface area contributed by atoms with Crippen molar-refractivity contribution in [1.29, 1.82) is 0 Å². The van der Waals surface area contributed by atoms with Crippen LogP contribution in [0.15, 0.2) is 30.3 Å². The van der Waals surface area contributed by atoms with Crippen LogP contribution in [-0.4, -0.2) is 0 Å². The first kappa shape index (κ1) is 19.1. The fourth-order valence-electron chi connectivity index (χ4n) is 12.0. The van der Waals surface area contributed by atoms with E-state index >= 15 is 0 Å². The lowest BCUT2D eigenvalue weighted by Gasteiger charge is -2.72. The van der Waals surface area contributed by atoms with Gasteiger partial charge in [-0.15, -0.1) is 0 Å². The van der Waals surface area contributed by atoms with Gasteiger partial charge in [-0.3, -0.25) is 0 Å². The van der Waals surface area contributed by atoms with Gasteiger partial charge < -0.3 is 0 Å². The van der Waals surface area contributed by atoms with E-state index in [9.17, 15) is 0 Å². The van der Waals surface area contributed by atoms with Gasteiger partial charge in [0.25, 0.3) is 0 Å². The summed E-state index contributed by atoms with van der Waals surface area (Å²) < 4.78 is 0. The third-order valence-electron chi connectivity index (χ3n) is 12.4. The van der Waals surface area contributed by atoms with Crippen LogP contribution in [0.3, 0.4) is 0 Å². The molecule has 8 saturated carbocycles. The van der Waals surface area contributed by atoms with Gasteiger partial charge in [0, 0.05) is 0 Å². The first-order chi connectivity index (χ1) is 15.5. The molecule has 0 heterocycles. The van der Waals surface area contributed by atoms with Gasteiger partial charge in [-0.1, -0.05) is 30.3 Å². The Morgan fingerprint density at radius 1 is 0.594 bits per heavy atom. The van der Waals surface area contributed by atoms with E-state index in [0.717, 1.165) is 35.0 Å². The van der Waals surface area contributed by atoms with Crippen LogP contribution in [0.25, 0.3) is 10.8 Å². The van der Waals surface area contributed by atoms with Crippen LogP contribution in [-0.2, 0) is 5.41 Å². The highest BCUT2D eigenvalue weighted by atomic mass is 14.7. The molecule has 0 spiro atoms. The molecule has 8 aliphatic rings. The van der Waals surface area contributed by atoms with Crippen molar-refractivity contribution in [3.8, 4) is 0 Å². The van der Waals surface area contributed by atoms with Crippen molar-refractivity contribution in [2.24, 2.45) is 40.4 Å². The van der Waals surface area contributed by atoms with Gasteiger partial charge in [0.1, 0.15) is 0 Å². The molecule has 0 radical (unpaired) electrons. The fraction of sp³-hybridized carbons (Fsp3) is 0.688. The molecule has 10 rings (SSSR count). The Balaban J connectivity index is 1.29. The van der Waals surface area contributed by atoms with E-state index in [1.807, 2.05) is 0 Å². The van der Waals surface area contributed by atoms with Crippen LogP contribution >= 0.6 is 0 Å². The highest BCUT2D eigenvalue weighted by molar-refractivity contribution is 5.90. The SMILES string of the molecule is Cc1ccc2c(C34CC5CC(C3)CC(C36CC7CC(CC(C7)C3)C6)(C5)C4)cccc2c1C. The van der Waals surface area contributed by atoms with Crippen molar-refractivity contribution < 1.29 is 0 Å². The van der Waals surface area contributed by atoms with E-state index in [4.69, 9.17) is 0 Å². The molecular formula is C32H40. The topological polar surface area (TPSA) is 0 Å². The van der Waals surface area contributed by atoms with Crippen LogP contribution in [0.2, 0.25) is 0 Å². The summed E-state index contributed by atoms with van der Waals surface area (Å²) in [7, 11) is 0. The molecule has 0 heteroatoms. The average molecular weight is 425 g/mol. The van der Waals surface area contributed by atoms with E-state index in [1.165, 1.54) is 35.8 Å². The standard InChI is InChI=1S/C32H40/c1-20-6-7-28-27(21(20)2)4-3-5-29(28)30-12-25-11-26(13-30)18-32(17-25,19-30)31-14-22-8-23(15-31)10-24(9-22)16-31/h3-7,22-26H,8-19H2,1-2H3. The first-order valence-corrected chi connectivity index (χ1v) is 14.0. The van der Waals surface area contributed by atoms with E-state index in [0.29, 0.717) is 10.8 Å². The third kappa shape index (κ3) is 2.31. The van der Waals surface area contributed by atoms with E-state index in [1.54, 1.807) is 68.7 Å². The number of fused-ring (bicyclic) bond motifs is 1. The fourth-order valence-corrected chi connectivity index (χ4v) is 12.0. The zero-order chi connectivity index (χ0) is 21.3. The molecular weight excluding hydrogens is 384 g/mol. The Bertz CT molecular complexity index is 1070. The summed E-state index contributed by atoms with van der Waals surface area (Å²) in [5.74, 6) is 5.28. The summed E-state index contributed by atoms with van der Waals surface area (Å²) in [5, 5.41) is 3.13. The molecule has 0 amide bonds. The van der Waals surface area contributed by atoms with E-state index in [-0.39, 0.29) is 0 Å². The van der Waals surface area contributed by atoms with Gasteiger partial charge in [-0.05, 0) is 164 Å². The van der Waals surface area contributed by atoms with Gasteiger partial charge in [-0.25, -0.2) is 0 Å². The van der Waals surface area contributed by atoms with Crippen molar-refractivity contribution in [3.05, 3.63) is 47.0 Å². The molecule has 8 fully saturated rings. The van der Waals surface area contributed by atoms with Gasteiger partial charge in [0.15, 0.2) is 0 Å². The van der Waals surface area contributed by atoms with Gasteiger partial charge in [0.2, 0.25) is 0 Å². The molecule has 2 unspecified atom stereocenters. The Kier molecular flexibility index (Phi) is 3.59. The maximum Gasteiger partial charge on any atom is -0.00301 e. The van der Waals surface area contributed by atoms with Crippen molar-refractivity contribution in [3.63, 3.8) is 0 Å². The van der Waals surface area contributed by atoms with Crippen molar-refractivity contribution >= 4 is 10.8 Å². The van der Waals surface area contributed by atoms with Crippen molar-refractivity contribution in [2.75, 3.05) is 0 Å². The Morgan fingerprint density at radius 3 is 1.84 bits per heavy atom. The molecule has 8 bridgehead atoms. The Hall–Kier alpha value is -1.30. The highest BCUT2D eigenvalue weighted by Gasteiger charge is 2.67. The van der Waals surface area contributed by atoms with Gasteiger partial charge in [-0.2, -0.15) is 0 Å². The molecule has 8 aliphatic carbocycles. The molecule has 2 aromatic rings. The predicted molar refractivity (Wildman–Crippen MR) is 133 cm³/mol. The lowest BCUT2D eigenvalue weighted by atomic mass is 9.32. The zero-order valence-electron chi connectivity index (χ0n) is 20.3. The largest absolute Gasteiger partial charge is 0.0613 e. The summed E-state index contributed by atoms with van der Waals surface area (Å²) in [4.78, 5) is 0. The molecule has 0 aliphatic heterocycles. The second-order valence-electron chi connectivity index (χ2n) is 14.1. The van der Waals surface area contributed by atoms with E-state index < -0.39 is 0 Å². The molecule has 0 nitrogen and oxygen atoms in total. The summed E-state index contributed by atoms with van der Waals surface area (Å²) in [6.07, 6.45) is 18.9. The summed E-state index contributed by atoms with van der Waals surface area (Å²) in [6.45, 7) is 4.63. The minimum atomic E-state index is 0.467. The quantitative estimate of drug-likeness (QED) is 0.453. The number of hydrogen-bond acceptors (Lipinski definition) is 0. The van der Waals surface area contributed by atoms with Gasteiger partial charge >= 0.3 is 0 Å². The summed E-state index contributed by atoms with van der Waals surface area (Å²) in [5.41, 5.74) is 6.57. The number of hydrogen-bond donors (Lipinski definition) is 0. The molecule has 32 heavy (non-hydrogen) atoms. The molecule has 168 valence electrons. The number of benzene rings is 2. The average Bonchev–Trinajstić information content (AvgIpc) is 2.74. The Labute approximate surface area is 194 Å². The zero-order valence-corrected chi connectivity index (χ0v) is 20.3. The maximum atomic E-state index is 2.57. The molecule has 0 N–H and O–H groups in total. The van der Waals surface area contributed by atoms with Crippen LogP contribution in [0, 0.1) is 54.3 Å². The van der Waals surface area contributed by atoms with Crippen LogP contribution < -0.4 is 0 Å². The number of aryl methyl sites for hydroxylation is 2. The predicted octanol–water partition coefficient (Wildman–Crippen LogP) is 8.51. The monoisotopic (exact) mass is 424 g/mol. The Morgan fingerprint density at radius 2 is 1.19 bits per heavy atom. The number of rotatable bonds is 2. The van der Waals surface area contributed by atoms with Gasteiger partial charge in [0.05, 0.1) is 0 Å². The molecule has 2 atom stereocenters. The van der Waals surface area contributed by atoms with Crippen LogP contribution in [0.1, 0.15) is 93.7 Å². The van der Waals surface area contributed by atoms with E-state index in [2.05, 4.69) is 44.2 Å². The summed E-state index contributed by atoms with van der Waals surface area (Å²) >= 11 is 0. The highest BCUT2D eigenvalue weighted by Crippen LogP contribution is 2.77. The normalized spacial score (nSPS) is 48.1. The second-order valence-corrected chi connectivity index (χ2v) is 14.1. The lowest BCUT2D eigenvalue weighted by Crippen LogP contribution is -2.63. The minimum Gasteiger partial charge on any atom is -0.0613 e. The molecule has 0 aromatic heterocycles. The summed E-state index contributed by atoms with van der Waals surface area (Å²) in [6, 6.07) is 12.3. The second kappa shape index (κ2) is 6.03. The third-order valence-corrected chi connectivity index (χ3v) is 12.4. The molecule has 0 saturated heterocycles. The van der Waals surface area contributed by atoms with Crippen LogP contribution in [0.5, 0.6) is 0 Å². The first-order valence-electron chi connectivity index (χ1n) is 14.0. The maximum absolute atomic E-state index is 2.57. The van der Waals surface area contributed by atoms with Crippen molar-refractivity contribution in [2.45, 2.75) is 96.3 Å². The minimum absolute atomic E-state index is 0.467. The van der Waals surface area contributed by atoms with Crippen molar-refractivity contribution in [1.82, 2.24) is 0 Å². The lowest BCUT2D eigenvalue weighted by molar-refractivity contribution is -0.205. The molecule has 2 aromatic carbocycles. The smallest absolute Gasteiger partial charge is 0.00301 e. The van der Waals surface area contributed by atoms with Crippen LogP contribution in [0.4, 0.5) is 0 Å².